The molecular formula is C15H14F3NO. The van der Waals surface area contributed by atoms with E-state index in [1.807, 2.05) is 31.2 Å². The summed E-state index contributed by atoms with van der Waals surface area (Å²) in [7, 11) is 0. The Hall–Kier alpha value is -2.17. The lowest BCUT2D eigenvalue weighted by molar-refractivity contribution is -0.274. The van der Waals surface area contributed by atoms with Gasteiger partial charge >= 0.3 is 6.36 Å². The molecule has 0 heterocycles. The van der Waals surface area contributed by atoms with Crippen molar-refractivity contribution in [1.82, 2.24) is 0 Å². The van der Waals surface area contributed by atoms with Crippen molar-refractivity contribution in [1.29, 1.82) is 0 Å². The van der Waals surface area contributed by atoms with Crippen molar-refractivity contribution in [3.63, 3.8) is 0 Å². The first-order chi connectivity index (χ1) is 9.42. The van der Waals surface area contributed by atoms with Gasteiger partial charge in [0.05, 0.1) is 0 Å². The highest BCUT2D eigenvalue weighted by Crippen LogP contribution is 2.25. The van der Waals surface area contributed by atoms with Crippen molar-refractivity contribution in [3.05, 3.63) is 59.7 Å². The molecule has 0 radical (unpaired) electrons. The Balaban J connectivity index is 1.99. The molecule has 0 aliphatic carbocycles. The molecule has 5 heteroatoms. The number of ether oxygens (including phenoxy) is 1. The van der Waals surface area contributed by atoms with Crippen LogP contribution in [-0.4, -0.2) is 6.36 Å². The number of aryl methyl sites for hydroxylation is 1. The molecule has 0 aromatic heterocycles. The summed E-state index contributed by atoms with van der Waals surface area (Å²) in [5.74, 6) is -0.230. The van der Waals surface area contributed by atoms with Crippen LogP contribution in [0.3, 0.4) is 0 Å². The summed E-state index contributed by atoms with van der Waals surface area (Å²) in [6, 6.07) is 13.7. The predicted octanol–water partition coefficient (Wildman–Crippen LogP) is 4.51. The molecule has 0 fully saturated rings. The Morgan fingerprint density at radius 1 is 1.05 bits per heavy atom. The molecule has 106 valence electrons. The molecule has 2 aromatic rings. The first-order valence-corrected chi connectivity index (χ1v) is 6.08. The van der Waals surface area contributed by atoms with Gasteiger partial charge in [-0.1, -0.05) is 35.9 Å². The molecule has 0 unspecified atom stereocenters. The highest BCUT2D eigenvalue weighted by atomic mass is 19.4. The van der Waals surface area contributed by atoms with Crippen LogP contribution in [0.4, 0.5) is 18.9 Å². The van der Waals surface area contributed by atoms with Crippen LogP contribution in [0.15, 0.2) is 48.5 Å². The number of hydrogen-bond donors (Lipinski definition) is 1. The second kappa shape index (κ2) is 5.86. The zero-order valence-electron chi connectivity index (χ0n) is 10.9. The zero-order valence-corrected chi connectivity index (χ0v) is 10.9. The topological polar surface area (TPSA) is 21.3 Å². The molecule has 0 spiro atoms. The standard InChI is InChI=1S/C15H14F3NO/c1-11-5-7-12(8-6-11)10-19-13-3-2-4-14(9-13)20-15(16,17)18/h2-9,19H,10H2,1H3. The van der Waals surface area contributed by atoms with Crippen LogP contribution in [0.1, 0.15) is 11.1 Å². The van der Waals surface area contributed by atoms with E-state index in [-0.39, 0.29) is 5.75 Å². The van der Waals surface area contributed by atoms with Crippen LogP contribution in [-0.2, 0) is 6.54 Å². The first kappa shape index (κ1) is 14.2. The Bertz CT molecular complexity index is 564. The van der Waals surface area contributed by atoms with E-state index < -0.39 is 6.36 Å². The third-order valence-corrected chi connectivity index (χ3v) is 2.68. The Kier molecular flexibility index (Phi) is 4.17. The fourth-order valence-corrected chi connectivity index (χ4v) is 1.71. The third kappa shape index (κ3) is 4.50. The van der Waals surface area contributed by atoms with Crippen LogP contribution < -0.4 is 10.1 Å². The molecule has 1 N–H and O–H groups in total. The third-order valence-electron chi connectivity index (χ3n) is 2.68. The van der Waals surface area contributed by atoms with E-state index in [4.69, 9.17) is 0 Å². The van der Waals surface area contributed by atoms with E-state index in [1.165, 1.54) is 18.2 Å². The molecule has 20 heavy (non-hydrogen) atoms. The van der Waals surface area contributed by atoms with E-state index in [0.717, 1.165) is 11.1 Å². The molecule has 0 saturated carbocycles. The maximum absolute atomic E-state index is 12.1. The molecule has 2 rings (SSSR count). The lowest BCUT2D eigenvalue weighted by Crippen LogP contribution is -2.17. The van der Waals surface area contributed by atoms with Gasteiger partial charge in [0.25, 0.3) is 0 Å². The Morgan fingerprint density at radius 3 is 2.40 bits per heavy atom. The highest BCUT2D eigenvalue weighted by molar-refractivity contribution is 5.48. The average molecular weight is 281 g/mol. The monoisotopic (exact) mass is 281 g/mol. The molecule has 0 amide bonds. The van der Waals surface area contributed by atoms with E-state index >= 15 is 0 Å². The predicted molar refractivity (Wildman–Crippen MR) is 71.6 cm³/mol. The van der Waals surface area contributed by atoms with E-state index in [0.29, 0.717) is 12.2 Å². The summed E-state index contributed by atoms with van der Waals surface area (Å²) in [5.41, 5.74) is 2.79. The van der Waals surface area contributed by atoms with Gasteiger partial charge in [-0.05, 0) is 24.6 Å². The van der Waals surface area contributed by atoms with Gasteiger partial charge in [-0.15, -0.1) is 13.2 Å². The summed E-state index contributed by atoms with van der Waals surface area (Å²) >= 11 is 0. The van der Waals surface area contributed by atoms with Crippen LogP contribution in [0.5, 0.6) is 5.75 Å². The normalized spacial score (nSPS) is 11.2. The average Bonchev–Trinajstić information content (AvgIpc) is 2.36. The molecule has 0 aliphatic rings. The van der Waals surface area contributed by atoms with Crippen LogP contribution >= 0.6 is 0 Å². The number of nitrogens with one attached hydrogen (secondary N) is 1. The fraction of sp³-hybridized carbons (Fsp3) is 0.200. The number of halogens is 3. The molecule has 2 aromatic carbocycles. The minimum Gasteiger partial charge on any atom is -0.406 e. The summed E-state index contributed by atoms with van der Waals surface area (Å²) in [6.07, 6.45) is -4.67. The van der Waals surface area contributed by atoms with Gasteiger partial charge in [0.15, 0.2) is 0 Å². The van der Waals surface area contributed by atoms with Gasteiger partial charge in [0.2, 0.25) is 0 Å². The highest BCUT2D eigenvalue weighted by Gasteiger charge is 2.31. The first-order valence-electron chi connectivity index (χ1n) is 6.08. The maximum atomic E-state index is 12.1. The minimum absolute atomic E-state index is 0.230. The zero-order chi connectivity index (χ0) is 14.6. The summed E-state index contributed by atoms with van der Waals surface area (Å²) in [6.45, 7) is 2.53. The lowest BCUT2D eigenvalue weighted by Gasteiger charge is -2.11. The molecular weight excluding hydrogens is 267 g/mol. The Morgan fingerprint density at radius 2 is 1.75 bits per heavy atom. The van der Waals surface area contributed by atoms with Crippen molar-refractivity contribution in [2.24, 2.45) is 0 Å². The fourth-order valence-electron chi connectivity index (χ4n) is 1.71. The van der Waals surface area contributed by atoms with Gasteiger partial charge in [-0.25, -0.2) is 0 Å². The molecule has 0 aliphatic heterocycles. The van der Waals surface area contributed by atoms with Crippen molar-refractivity contribution in [3.8, 4) is 5.75 Å². The molecule has 0 atom stereocenters. The van der Waals surface area contributed by atoms with E-state index in [1.54, 1.807) is 6.07 Å². The molecule has 2 nitrogen and oxygen atoms in total. The van der Waals surface area contributed by atoms with E-state index in [2.05, 4.69) is 10.1 Å². The van der Waals surface area contributed by atoms with Crippen molar-refractivity contribution in [2.75, 3.05) is 5.32 Å². The number of rotatable bonds is 4. The van der Waals surface area contributed by atoms with Crippen molar-refractivity contribution in [2.45, 2.75) is 19.8 Å². The van der Waals surface area contributed by atoms with Crippen LogP contribution in [0, 0.1) is 6.92 Å². The second-order valence-electron chi connectivity index (χ2n) is 4.41. The number of anilines is 1. The number of benzene rings is 2. The van der Waals surface area contributed by atoms with E-state index in [9.17, 15) is 13.2 Å². The number of alkyl halides is 3. The smallest absolute Gasteiger partial charge is 0.406 e. The van der Waals surface area contributed by atoms with Crippen LogP contribution in [0.2, 0.25) is 0 Å². The largest absolute Gasteiger partial charge is 0.573 e. The maximum Gasteiger partial charge on any atom is 0.573 e. The molecule has 0 bridgehead atoms. The summed E-state index contributed by atoms with van der Waals surface area (Å²) in [5, 5.41) is 3.06. The Labute approximate surface area is 115 Å². The van der Waals surface area contributed by atoms with Crippen molar-refractivity contribution < 1.29 is 17.9 Å². The van der Waals surface area contributed by atoms with Crippen molar-refractivity contribution >= 4 is 5.69 Å². The van der Waals surface area contributed by atoms with Gasteiger partial charge in [-0.3, -0.25) is 0 Å². The quantitative estimate of drug-likeness (QED) is 0.890. The second-order valence-corrected chi connectivity index (χ2v) is 4.41. The SMILES string of the molecule is Cc1ccc(CNc2cccc(OC(F)(F)F)c2)cc1. The van der Waals surface area contributed by atoms with Gasteiger partial charge in [-0.2, -0.15) is 0 Å². The van der Waals surface area contributed by atoms with Gasteiger partial charge < -0.3 is 10.1 Å². The summed E-state index contributed by atoms with van der Waals surface area (Å²) in [4.78, 5) is 0. The van der Waals surface area contributed by atoms with Crippen LogP contribution in [0.25, 0.3) is 0 Å². The number of hydrogen-bond acceptors (Lipinski definition) is 2. The summed E-state index contributed by atoms with van der Waals surface area (Å²) < 4.78 is 40.2. The lowest BCUT2D eigenvalue weighted by atomic mass is 10.1. The minimum atomic E-state index is -4.67. The van der Waals surface area contributed by atoms with Gasteiger partial charge in [0, 0.05) is 18.3 Å². The van der Waals surface area contributed by atoms with Gasteiger partial charge in [0.1, 0.15) is 5.75 Å². The molecule has 0 saturated heterocycles.